The Morgan fingerprint density at radius 1 is 1.15 bits per heavy atom. The third-order valence-corrected chi connectivity index (χ3v) is 7.36. The molecule has 0 fully saturated rings. The van der Waals surface area contributed by atoms with Crippen LogP contribution < -0.4 is 10.6 Å². The van der Waals surface area contributed by atoms with E-state index in [2.05, 4.69) is 65.5 Å². The lowest BCUT2D eigenvalue weighted by atomic mass is 9.69. The summed E-state index contributed by atoms with van der Waals surface area (Å²) in [6, 6.07) is 4.90. The number of aliphatic hydroxyl groups excluding tert-OH is 1. The van der Waals surface area contributed by atoms with Gasteiger partial charge in [-0.25, -0.2) is 0 Å². The van der Waals surface area contributed by atoms with Crippen LogP contribution in [0, 0.1) is 5.41 Å². The first-order valence-electron chi connectivity index (χ1n) is 11.0. The molecule has 0 aromatic heterocycles. The van der Waals surface area contributed by atoms with Gasteiger partial charge in [-0.3, -0.25) is 0 Å². The van der Waals surface area contributed by atoms with Crippen LogP contribution in [0.15, 0.2) is 12.1 Å². The van der Waals surface area contributed by atoms with Crippen molar-refractivity contribution in [2.24, 2.45) is 5.41 Å². The molecule has 0 saturated carbocycles. The van der Waals surface area contributed by atoms with Gasteiger partial charge < -0.3 is 15.7 Å². The third-order valence-electron chi connectivity index (χ3n) is 7.36. The molecular formula is C24H42N2O. The van der Waals surface area contributed by atoms with Crippen molar-refractivity contribution < 1.29 is 5.11 Å². The fraction of sp³-hybridized carbons (Fsp3) is 0.750. The molecule has 3 nitrogen and oxygen atoms in total. The first-order valence-corrected chi connectivity index (χ1v) is 11.0. The molecule has 0 radical (unpaired) electrons. The first kappa shape index (κ1) is 22.1. The van der Waals surface area contributed by atoms with Gasteiger partial charge in [0.2, 0.25) is 0 Å². The molecule has 1 aromatic carbocycles. The van der Waals surface area contributed by atoms with E-state index in [-0.39, 0.29) is 17.6 Å². The topological polar surface area (TPSA) is 49.5 Å². The van der Waals surface area contributed by atoms with Crippen molar-refractivity contribution >= 4 is 11.4 Å². The lowest BCUT2D eigenvalue weighted by molar-refractivity contribution is 0.131. The largest absolute Gasteiger partial charge is 0.398 e. The van der Waals surface area contributed by atoms with Crippen molar-refractivity contribution in [1.82, 2.24) is 0 Å². The smallest absolute Gasteiger partial charge is 0.0450 e. The number of nitrogens with two attached hydrogens (primary N) is 1. The fourth-order valence-corrected chi connectivity index (χ4v) is 5.36. The summed E-state index contributed by atoms with van der Waals surface area (Å²) in [5.74, 6) is 0.409. The number of aryl methyl sites for hydroxylation is 1. The molecule has 2 rings (SSSR count). The molecule has 1 unspecified atom stereocenters. The Morgan fingerprint density at radius 3 is 2.22 bits per heavy atom. The molecule has 0 spiro atoms. The van der Waals surface area contributed by atoms with Gasteiger partial charge in [0.05, 0.1) is 0 Å². The minimum Gasteiger partial charge on any atom is -0.398 e. The zero-order chi connectivity index (χ0) is 20.4. The summed E-state index contributed by atoms with van der Waals surface area (Å²) in [6.07, 6.45) is 6.43. The Bertz CT molecular complexity index is 623. The van der Waals surface area contributed by atoms with Gasteiger partial charge in [0, 0.05) is 29.6 Å². The lowest BCUT2D eigenvalue weighted by Crippen LogP contribution is -2.59. The van der Waals surface area contributed by atoms with Crippen LogP contribution in [0.25, 0.3) is 0 Å². The molecule has 0 bridgehead atoms. The maximum atomic E-state index is 9.98. The molecule has 154 valence electrons. The Hall–Kier alpha value is -1.22. The molecular weight excluding hydrogens is 332 g/mol. The highest BCUT2D eigenvalue weighted by atomic mass is 16.3. The van der Waals surface area contributed by atoms with E-state index in [1.54, 1.807) is 0 Å². The van der Waals surface area contributed by atoms with Gasteiger partial charge in [-0.1, -0.05) is 34.6 Å². The summed E-state index contributed by atoms with van der Waals surface area (Å²) in [6.45, 7) is 16.4. The van der Waals surface area contributed by atoms with Crippen LogP contribution in [0.5, 0.6) is 0 Å². The fourth-order valence-electron chi connectivity index (χ4n) is 5.36. The first-order chi connectivity index (χ1) is 12.7. The Labute approximate surface area is 167 Å². The zero-order valence-corrected chi connectivity index (χ0v) is 18.7. The lowest BCUT2D eigenvalue weighted by Gasteiger charge is -2.55. The van der Waals surface area contributed by atoms with Gasteiger partial charge in [-0.15, -0.1) is 0 Å². The van der Waals surface area contributed by atoms with E-state index in [1.165, 1.54) is 16.8 Å². The second-order valence-corrected chi connectivity index (χ2v) is 9.40. The molecule has 1 aromatic rings. The van der Waals surface area contributed by atoms with E-state index in [0.29, 0.717) is 12.0 Å². The Balaban J connectivity index is 2.69. The minimum atomic E-state index is 0.0714. The van der Waals surface area contributed by atoms with E-state index in [0.717, 1.165) is 44.2 Å². The summed E-state index contributed by atoms with van der Waals surface area (Å²) in [5.41, 5.74) is 11.6. The Kier molecular flexibility index (Phi) is 6.89. The molecule has 3 heteroatoms. The minimum absolute atomic E-state index is 0.0714. The number of anilines is 2. The predicted octanol–water partition coefficient (Wildman–Crippen LogP) is 5.89. The number of aliphatic hydroxyl groups is 1. The highest BCUT2D eigenvalue weighted by Gasteiger charge is 2.45. The number of rotatable bonds is 8. The van der Waals surface area contributed by atoms with E-state index in [1.807, 2.05) is 0 Å². The van der Waals surface area contributed by atoms with Crippen LogP contribution in [0.4, 0.5) is 11.4 Å². The highest BCUT2D eigenvalue weighted by molar-refractivity contribution is 5.67. The standard InChI is InChI=1S/C24H42N2O/c1-8-24(9-2,10-3)22(12-14-27)26-21-16-19(17(4)5)20(25)15-18(21)11-13-23(26,6)7/h15-17,22,27H,8-14,25H2,1-7H3. The van der Waals surface area contributed by atoms with Crippen molar-refractivity contribution in [3.05, 3.63) is 23.3 Å². The number of benzene rings is 1. The van der Waals surface area contributed by atoms with Crippen LogP contribution in [-0.2, 0) is 6.42 Å². The number of nitrogens with zero attached hydrogens (tertiary/aromatic N) is 1. The van der Waals surface area contributed by atoms with Crippen LogP contribution in [0.1, 0.15) is 97.6 Å². The average Bonchev–Trinajstić information content (AvgIpc) is 2.62. The maximum absolute atomic E-state index is 9.98. The van der Waals surface area contributed by atoms with Crippen LogP contribution in [0.2, 0.25) is 0 Å². The van der Waals surface area contributed by atoms with Crippen LogP contribution >= 0.6 is 0 Å². The van der Waals surface area contributed by atoms with E-state index in [4.69, 9.17) is 5.73 Å². The van der Waals surface area contributed by atoms with E-state index >= 15 is 0 Å². The summed E-state index contributed by atoms with van der Waals surface area (Å²) in [7, 11) is 0. The van der Waals surface area contributed by atoms with E-state index < -0.39 is 0 Å². The second-order valence-electron chi connectivity index (χ2n) is 9.40. The molecule has 1 aliphatic heterocycles. The monoisotopic (exact) mass is 374 g/mol. The second kappa shape index (κ2) is 8.43. The molecule has 3 N–H and O–H groups in total. The number of hydrogen-bond donors (Lipinski definition) is 2. The van der Waals surface area contributed by atoms with Crippen molar-refractivity contribution in [2.45, 2.75) is 104 Å². The maximum Gasteiger partial charge on any atom is 0.0450 e. The van der Waals surface area contributed by atoms with E-state index in [9.17, 15) is 5.11 Å². The van der Waals surface area contributed by atoms with Crippen molar-refractivity contribution in [3.63, 3.8) is 0 Å². The average molecular weight is 375 g/mol. The zero-order valence-electron chi connectivity index (χ0n) is 18.7. The van der Waals surface area contributed by atoms with Gasteiger partial charge >= 0.3 is 0 Å². The number of hydrogen-bond acceptors (Lipinski definition) is 3. The molecule has 0 saturated heterocycles. The number of fused-ring (bicyclic) bond motifs is 1. The van der Waals surface area contributed by atoms with Crippen molar-refractivity contribution in [1.29, 1.82) is 0 Å². The SMILES string of the molecule is CCC(CC)(CC)C(CCO)N1c2cc(C(C)C)c(N)cc2CCC1(C)C. The Morgan fingerprint density at radius 2 is 1.74 bits per heavy atom. The number of nitrogen functional groups attached to an aromatic ring is 1. The molecule has 1 aliphatic rings. The van der Waals surface area contributed by atoms with Crippen LogP contribution in [-0.4, -0.2) is 23.3 Å². The van der Waals surface area contributed by atoms with Crippen molar-refractivity contribution in [2.75, 3.05) is 17.2 Å². The quantitative estimate of drug-likeness (QED) is 0.558. The van der Waals surface area contributed by atoms with Gasteiger partial charge in [0.1, 0.15) is 0 Å². The molecule has 1 atom stereocenters. The molecule has 27 heavy (non-hydrogen) atoms. The predicted molar refractivity (Wildman–Crippen MR) is 119 cm³/mol. The summed E-state index contributed by atoms with van der Waals surface area (Å²) >= 11 is 0. The normalized spacial score (nSPS) is 17.9. The summed E-state index contributed by atoms with van der Waals surface area (Å²) in [4.78, 5) is 2.67. The summed E-state index contributed by atoms with van der Waals surface area (Å²) in [5, 5.41) is 9.98. The van der Waals surface area contributed by atoms with Crippen molar-refractivity contribution in [3.8, 4) is 0 Å². The van der Waals surface area contributed by atoms with Crippen LogP contribution in [0.3, 0.4) is 0 Å². The van der Waals surface area contributed by atoms with Gasteiger partial charge in [-0.2, -0.15) is 0 Å². The third kappa shape index (κ3) is 3.99. The molecule has 0 amide bonds. The highest BCUT2D eigenvalue weighted by Crippen LogP contribution is 2.48. The van der Waals surface area contributed by atoms with Gasteiger partial charge in [0.25, 0.3) is 0 Å². The van der Waals surface area contributed by atoms with Gasteiger partial charge in [-0.05, 0) is 87.0 Å². The molecule has 0 aliphatic carbocycles. The summed E-state index contributed by atoms with van der Waals surface area (Å²) < 4.78 is 0. The van der Waals surface area contributed by atoms with Gasteiger partial charge in [0.15, 0.2) is 0 Å². The molecule has 1 heterocycles.